The Hall–Kier alpha value is -1.94. The van der Waals surface area contributed by atoms with Crippen LogP contribution in [-0.4, -0.2) is 5.91 Å². The maximum Gasteiger partial charge on any atom is 0.228 e. The van der Waals surface area contributed by atoms with E-state index in [-0.39, 0.29) is 23.3 Å². The third-order valence-corrected chi connectivity index (χ3v) is 3.26. The minimum Gasteiger partial charge on any atom is -0.325 e. The molecule has 2 aromatic carbocycles. The first-order chi connectivity index (χ1) is 9.97. The highest BCUT2D eigenvalue weighted by molar-refractivity contribution is 6.21. The highest BCUT2D eigenvalue weighted by Crippen LogP contribution is 2.27. The lowest BCUT2D eigenvalue weighted by atomic mass is 10.1. The molecule has 0 heterocycles. The number of amides is 1. The summed E-state index contributed by atoms with van der Waals surface area (Å²) >= 11 is 6.04. The summed E-state index contributed by atoms with van der Waals surface area (Å²) in [6.07, 6.45) is -0.170. The summed E-state index contributed by atoms with van der Waals surface area (Å²) in [6.45, 7) is 1.80. The van der Waals surface area contributed by atoms with Crippen LogP contribution >= 0.6 is 11.6 Å². The molecular weight excluding hydrogens is 296 g/mol. The maximum atomic E-state index is 13.5. The number of halogens is 3. The number of rotatable bonds is 4. The van der Waals surface area contributed by atoms with Gasteiger partial charge in [-0.15, -0.1) is 11.6 Å². The number of carbonyl (C=O) groups is 1. The Morgan fingerprint density at radius 3 is 2.62 bits per heavy atom. The van der Waals surface area contributed by atoms with Gasteiger partial charge in [0, 0.05) is 11.8 Å². The Morgan fingerprint density at radius 2 is 1.95 bits per heavy atom. The first-order valence-corrected chi connectivity index (χ1v) is 6.88. The van der Waals surface area contributed by atoms with Gasteiger partial charge in [-0.3, -0.25) is 4.79 Å². The van der Waals surface area contributed by atoms with Crippen LogP contribution in [0.25, 0.3) is 0 Å². The van der Waals surface area contributed by atoms with Gasteiger partial charge in [-0.25, -0.2) is 8.78 Å². The van der Waals surface area contributed by atoms with Gasteiger partial charge in [0.25, 0.3) is 0 Å². The van der Waals surface area contributed by atoms with E-state index < -0.39 is 11.6 Å². The van der Waals surface area contributed by atoms with Gasteiger partial charge >= 0.3 is 0 Å². The van der Waals surface area contributed by atoms with Gasteiger partial charge in [0.05, 0.1) is 11.8 Å². The smallest absolute Gasteiger partial charge is 0.228 e. The molecule has 1 amide bonds. The van der Waals surface area contributed by atoms with Crippen LogP contribution in [0.5, 0.6) is 0 Å². The molecule has 1 N–H and O–H groups in total. The Balaban J connectivity index is 2.12. The minimum atomic E-state index is -0.732. The van der Waals surface area contributed by atoms with Crippen molar-refractivity contribution in [1.29, 1.82) is 0 Å². The zero-order valence-corrected chi connectivity index (χ0v) is 12.1. The molecule has 2 aromatic rings. The molecule has 0 bridgehead atoms. The number of para-hydroxylation sites is 1. The van der Waals surface area contributed by atoms with E-state index in [0.29, 0.717) is 5.69 Å². The highest BCUT2D eigenvalue weighted by atomic mass is 35.5. The fourth-order valence-corrected chi connectivity index (χ4v) is 2.18. The molecule has 0 aliphatic heterocycles. The van der Waals surface area contributed by atoms with Crippen molar-refractivity contribution < 1.29 is 13.6 Å². The molecule has 0 radical (unpaired) electrons. The molecule has 2 rings (SSSR count). The standard InChI is InChI=1S/C16H14ClF2NO/c1-10(17)13-4-2-3-5-15(13)20-16(21)8-11-6-7-12(18)9-14(11)19/h2-7,9-10H,8H2,1H3,(H,20,21). The molecule has 0 aliphatic rings. The molecule has 0 saturated carbocycles. The summed E-state index contributed by atoms with van der Waals surface area (Å²) in [4.78, 5) is 12.0. The van der Waals surface area contributed by atoms with Crippen LogP contribution in [0.3, 0.4) is 0 Å². The molecule has 0 aromatic heterocycles. The quantitative estimate of drug-likeness (QED) is 0.831. The van der Waals surface area contributed by atoms with Crippen molar-refractivity contribution in [2.24, 2.45) is 0 Å². The molecule has 110 valence electrons. The van der Waals surface area contributed by atoms with Crippen LogP contribution in [0.2, 0.25) is 0 Å². The van der Waals surface area contributed by atoms with Crippen molar-refractivity contribution in [3.8, 4) is 0 Å². The van der Waals surface area contributed by atoms with Crippen molar-refractivity contribution in [2.75, 3.05) is 5.32 Å². The van der Waals surface area contributed by atoms with Crippen molar-refractivity contribution in [2.45, 2.75) is 18.7 Å². The Kier molecular flexibility index (Phi) is 4.91. The first-order valence-electron chi connectivity index (χ1n) is 6.44. The number of alkyl halides is 1. The molecule has 0 fully saturated rings. The number of anilines is 1. The van der Waals surface area contributed by atoms with Crippen LogP contribution in [0, 0.1) is 11.6 Å². The van der Waals surface area contributed by atoms with E-state index in [9.17, 15) is 13.6 Å². The number of hydrogen-bond acceptors (Lipinski definition) is 1. The summed E-state index contributed by atoms with van der Waals surface area (Å²) in [5.74, 6) is -1.78. The lowest BCUT2D eigenvalue weighted by molar-refractivity contribution is -0.115. The van der Waals surface area contributed by atoms with E-state index >= 15 is 0 Å². The lowest BCUT2D eigenvalue weighted by Gasteiger charge is -2.12. The van der Waals surface area contributed by atoms with Crippen molar-refractivity contribution in [3.05, 3.63) is 65.2 Å². The topological polar surface area (TPSA) is 29.1 Å². The van der Waals surface area contributed by atoms with Crippen LogP contribution in [0.4, 0.5) is 14.5 Å². The second kappa shape index (κ2) is 6.68. The molecule has 0 saturated heterocycles. The largest absolute Gasteiger partial charge is 0.325 e. The Bertz CT molecular complexity index is 658. The van der Waals surface area contributed by atoms with E-state index in [1.54, 1.807) is 19.1 Å². The van der Waals surface area contributed by atoms with Gasteiger partial charge in [0.1, 0.15) is 11.6 Å². The molecule has 0 spiro atoms. The van der Waals surface area contributed by atoms with E-state index in [4.69, 9.17) is 11.6 Å². The second-order valence-corrected chi connectivity index (χ2v) is 5.32. The van der Waals surface area contributed by atoms with Crippen LogP contribution < -0.4 is 5.32 Å². The third-order valence-electron chi connectivity index (χ3n) is 3.03. The molecule has 1 unspecified atom stereocenters. The highest BCUT2D eigenvalue weighted by Gasteiger charge is 2.12. The zero-order valence-electron chi connectivity index (χ0n) is 11.4. The molecule has 1 atom stereocenters. The fourth-order valence-electron chi connectivity index (χ4n) is 1.99. The van der Waals surface area contributed by atoms with Gasteiger partial charge in [-0.1, -0.05) is 24.3 Å². The van der Waals surface area contributed by atoms with Gasteiger partial charge in [0.15, 0.2) is 0 Å². The Labute approximate surface area is 126 Å². The number of benzene rings is 2. The first kappa shape index (κ1) is 15.4. The van der Waals surface area contributed by atoms with Crippen molar-refractivity contribution >= 4 is 23.2 Å². The van der Waals surface area contributed by atoms with Gasteiger partial charge in [0.2, 0.25) is 5.91 Å². The summed E-state index contributed by atoms with van der Waals surface area (Å²) < 4.78 is 26.3. The predicted molar refractivity (Wildman–Crippen MR) is 79.4 cm³/mol. The van der Waals surface area contributed by atoms with Crippen molar-refractivity contribution in [3.63, 3.8) is 0 Å². The molecular formula is C16H14ClF2NO. The third kappa shape index (κ3) is 4.02. The van der Waals surface area contributed by atoms with E-state index in [1.807, 2.05) is 12.1 Å². The fraction of sp³-hybridized carbons (Fsp3) is 0.188. The van der Waals surface area contributed by atoms with Crippen LogP contribution in [-0.2, 0) is 11.2 Å². The number of carbonyl (C=O) groups excluding carboxylic acids is 1. The molecule has 0 aliphatic carbocycles. The molecule has 5 heteroatoms. The van der Waals surface area contributed by atoms with Crippen LogP contribution in [0.15, 0.2) is 42.5 Å². The Morgan fingerprint density at radius 1 is 1.24 bits per heavy atom. The number of nitrogens with one attached hydrogen (secondary N) is 1. The second-order valence-electron chi connectivity index (χ2n) is 4.66. The summed E-state index contributed by atoms with van der Waals surface area (Å²) in [7, 11) is 0. The summed E-state index contributed by atoms with van der Waals surface area (Å²) in [6, 6.07) is 10.3. The zero-order chi connectivity index (χ0) is 15.4. The average molecular weight is 310 g/mol. The molecule has 2 nitrogen and oxygen atoms in total. The van der Waals surface area contributed by atoms with Gasteiger partial charge in [-0.05, 0) is 30.2 Å². The molecule has 21 heavy (non-hydrogen) atoms. The number of hydrogen-bond donors (Lipinski definition) is 1. The van der Waals surface area contributed by atoms with E-state index in [1.165, 1.54) is 6.07 Å². The predicted octanol–water partition coefficient (Wildman–Crippen LogP) is 4.45. The van der Waals surface area contributed by atoms with Gasteiger partial charge in [-0.2, -0.15) is 0 Å². The SMILES string of the molecule is CC(Cl)c1ccccc1NC(=O)Cc1ccc(F)cc1F. The minimum absolute atomic E-state index is 0.144. The summed E-state index contributed by atoms with van der Waals surface area (Å²) in [5.41, 5.74) is 1.52. The average Bonchev–Trinajstić information content (AvgIpc) is 2.42. The van der Waals surface area contributed by atoms with E-state index in [2.05, 4.69) is 5.32 Å². The van der Waals surface area contributed by atoms with Crippen LogP contribution in [0.1, 0.15) is 23.4 Å². The summed E-state index contributed by atoms with van der Waals surface area (Å²) in [5, 5.41) is 2.44. The normalized spacial score (nSPS) is 12.0. The maximum absolute atomic E-state index is 13.5. The monoisotopic (exact) mass is 309 g/mol. The van der Waals surface area contributed by atoms with E-state index in [0.717, 1.165) is 17.7 Å². The lowest BCUT2D eigenvalue weighted by Crippen LogP contribution is -2.16. The van der Waals surface area contributed by atoms with Crippen molar-refractivity contribution in [1.82, 2.24) is 0 Å². The van der Waals surface area contributed by atoms with Gasteiger partial charge < -0.3 is 5.32 Å².